The fraction of sp³-hybridized carbons (Fsp3) is 0.467. The van der Waals surface area contributed by atoms with Crippen LogP contribution in [0.4, 0.5) is 0 Å². The highest BCUT2D eigenvalue weighted by Crippen LogP contribution is 2.23. The van der Waals surface area contributed by atoms with Gasteiger partial charge >= 0.3 is 0 Å². The summed E-state index contributed by atoms with van der Waals surface area (Å²) in [6, 6.07) is 8.21. The summed E-state index contributed by atoms with van der Waals surface area (Å²) in [7, 11) is 0. The molecule has 0 aliphatic carbocycles. The summed E-state index contributed by atoms with van der Waals surface area (Å²) in [4.78, 5) is 5.59. The Bertz CT molecular complexity index is 554. The minimum atomic E-state index is -0.166. The molecule has 0 bridgehead atoms. The molecule has 0 saturated heterocycles. The Kier molecular flexibility index (Phi) is 5.20. The van der Waals surface area contributed by atoms with Gasteiger partial charge in [-0.25, -0.2) is 0 Å². The fourth-order valence-electron chi connectivity index (χ4n) is 1.94. The van der Waals surface area contributed by atoms with Crippen LogP contribution in [-0.2, 0) is 5.75 Å². The normalized spacial score (nSPS) is 12.8. The average molecular weight is 291 g/mol. The molecule has 1 atom stereocenters. The van der Waals surface area contributed by atoms with Gasteiger partial charge in [0.05, 0.1) is 11.8 Å². The second-order valence-corrected chi connectivity index (χ2v) is 6.44. The molecule has 4 nitrogen and oxygen atoms in total. The van der Waals surface area contributed by atoms with Crippen molar-refractivity contribution in [2.24, 2.45) is 11.7 Å². The standard InChI is InChI=1S/C15H21N3OS/c1-10(2)7-13(16)15-17-14(18-19-15)9-20-12-6-4-5-11(3)8-12/h4-6,8,10,13H,7,9,16H2,1-3H3. The lowest BCUT2D eigenvalue weighted by Crippen LogP contribution is -2.13. The fourth-order valence-corrected chi connectivity index (χ4v) is 2.80. The third-order valence-electron chi connectivity index (χ3n) is 2.88. The van der Waals surface area contributed by atoms with Crippen molar-refractivity contribution >= 4 is 11.8 Å². The Hall–Kier alpha value is -1.33. The van der Waals surface area contributed by atoms with Crippen molar-refractivity contribution in [1.29, 1.82) is 0 Å². The molecule has 2 rings (SSSR count). The van der Waals surface area contributed by atoms with Crippen LogP contribution in [0.5, 0.6) is 0 Å². The highest BCUT2D eigenvalue weighted by Gasteiger charge is 2.16. The van der Waals surface area contributed by atoms with Gasteiger partial charge in [0, 0.05) is 4.90 Å². The zero-order valence-corrected chi connectivity index (χ0v) is 13.0. The molecule has 0 radical (unpaired) electrons. The maximum absolute atomic E-state index is 6.03. The maximum atomic E-state index is 6.03. The Morgan fingerprint density at radius 1 is 1.35 bits per heavy atom. The van der Waals surface area contributed by atoms with Gasteiger partial charge in [0.2, 0.25) is 5.89 Å². The number of rotatable bonds is 6. The lowest BCUT2D eigenvalue weighted by molar-refractivity contribution is 0.333. The first-order valence-corrected chi connectivity index (χ1v) is 7.80. The second kappa shape index (κ2) is 6.90. The van der Waals surface area contributed by atoms with Crippen LogP contribution in [0.1, 0.15) is 43.6 Å². The van der Waals surface area contributed by atoms with Crippen LogP contribution in [0.25, 0.3) is 0 Å². The van der Waals surface area contributed by atoms with E-state index in [0.29, 0.717) is 23.4 Å². The molecule has 1 aromatic carbocycles. The molecule has 2 aromatic rings. The summed E-state index contributed by atoms with van der Waals surface area (Å²) in [6.45, 7) is 6.34. The van der Waals surface area contributed by atoms with E-state index < -0.39 is 0 Å². The minimum absolute atomic E-state index is 0.166. The van der Waals surface area contributed by atoms with Gasteiger partial charge in [-0.05, 0) is 31.4 Å². The molecule has 0 aliphatic heterocycles. The SMILES string of the molecule is Cc1cccc(SCc2noc(C(N)CC(C)C)n2)c1. The molecule has 20 heavy (non-hydrogen) atoms. The molecule has 0 spiro atoms. The number of thioether (sulfide) groups is 1. The molecule has 0 aliphatic rings. The topological polar surface area (TPSA) is 64.9 Å². The Morgan fingerprint density at radius 3 is 2.85 bits per heavy atom. The van der Waals surface area contributed by atoms with Gasteiger partial charge < -0.3 is 10.3 Å². The monoisotopic (exact) mass is 291 g/mol. The molecule has 0 fully saturated rings. The molecular formula is C15H21N3OS. The van der Waals surface area contributed by atoms with Crippen molar-refractivity contribution in [1.82, 2.24) is 10.1 Å². The summed E-state index contributed by atoms with van der Waals surface area (Å²) in [5.41, 5.74) is 7.29. The number of nitrogens with two attached hydrogens (primary N) is 1. The Morgan fingerprint density at radius 2 is 2.15 bits per heavy atom. The summed E-state index contributed by atoms with van der Waals surface area (Å²) in [6.07, 6.45) is 0.854. The number of aromatic nitrogens is 2. The van der Waals surface area contributed by atoms with E-state index in [1.54, 1.807) is 11.8 Å². The lowest BCUT2D eigenvalue weighted by atomic mass is 10.0. The highest BCUT2D eigenvalue weighted by atomic mass is 32.2. The third kappa shape index (κ3) is 4.35. The van der Waals surface area contributed by atoms with Crippen LogP contribution in [0, 0.1) is 12.8 Å². The molecule has 5 heteroatoms. The van der Waals surface area contributed by atoms with E-state index in [-0.39, 0.29) is 6.04 Å². The Labute approximate surface area is 124 Å². The molecule has 1 unspecified atom stereocenters. The minimum Gasteiger partial charge on any atom is -0.338 e. The number of aryl methyl sites for hydroxylation is 1. The maximum Gasteiger partial charge on any atom is 0.243 e. The van der Waals surface area contributed by atoms with Gasteiger partial charge in [0.1, 0.15) is 0 Å². The van der Waals surface area contributed by atoms with Gasteiger partial charge in [0.15, 0.2) is 5.82 Å². The van der Waals surface area contributed by atoms with Crippen LogP contribution < -0.4 is 5.73 Å². The molecule has 1 heterocycles. The molecule has 0 saturated carbocycles. The number of nitrogens with zero attached hydrogens (tertiary/aromatic N) is 2. The van der Waals surface area contributed by atoms with Gasteiger partial charge in [-0.2, -0.15) is 4.98 Å². The van der Waals surface area contributed by atoms with E-state index in [4.69, 9.17) is 10.3 Å². The summed E-state index contributed by atoms with van der Waals surface area (Å²) < 4.78 is 5.24. The molecular weight excluding hydrogens is 270 g/mol. The first kappa shape index (κ1) is 15.1. The van der Waals surface area contributed by atoms with Gasteiger partial charge in [-0.3, -0.25) is 0 Å². The van der Waals surface area contributed by atoms with Crippen molar-refractivity contribution in [2.75, 3.05) is 0 Å². The first-order chi connectivity index (χ1) is 9.54. The van der Waals surface area contributed by atoms with E-state index in [0.717, 1.165) is 6.42 Å². The van der Waals surface area contributed by atoms with Gasteiger partial charge in [-0.15, -0.1) is 11.8 Å². The van der Waals surface area contributed by atoms with Gasteiger partial charge in [-0.1, -0.05) is 36.7 Å². The van der Waals surface area contributed by atoms with E-state index in [2.05, 4.69) is 55.2 Å². The van der Waals surface area contributed by atoms with Crippen LogP contribution in [0.3, 0.4) is 0 Å². The molecule has 2 N–H and O–H groups in total. The number of hydrogen-bond donors (Lipinski definition) is 1. The van der Waals surface area contributed by atoms with Crippen molar-refractivity contribution in [3.63, 3.8) is 0 Å². The second-order valence-electron chi connectivity index (χ2n) is 5.39. The van der Waals surface area contributed by atoms with Crippen LogP contribution in [0.2, 0.25) is 0 Å². The average Bonchev–Trinajstić information content (AvgIpc) is 2.84. The smallest absolute Gasteiger partial charge is 0.243 e. The lowest BCUT2D eigenvalue weighted by Gasteiger charge is -2.08. The summed E-state index contributed by atoms with van der Waals surface area (Å²) in [5, 5.41) is 4.00. The predicted octanol–water partition coefficient (Wildman–Crippen LogP) is 3.72. The zero-order valence-electron chi connectivity index (χ0n) is 12.2. The Balaban J connectivity index is 1.93. The highest BCUT2D eigenvalue weighted by molar-refractivity contribution is 7.98. The van der Waals surface area contributed by atoms with E-state index in [9.17, 15) is 0 Å². The van der Waals surface area contributed by atoms with Crippen molar-refractivity contribution in [2.45, 2.75) is 43.9 Å². The molecule has 108 valence electrons. The number of benzene rings is 1. The van der Waals surface area contributed by atoms with Gasteiger partial charge in [0.25, 0.3) is 0 Å². The quantitative estimate of drug-likeness (QED) is 0.822. The zero-order chi connectivity index (χ0) is 14.5. The van der Waals surface area contributed by atoms with Crippen molar-refractivity contribution in [3.05, 3.63) is 41.5 Å². The van der Waals surface area contributed by atoms with E-state index >= 15 is 0 Å². The number of hydrogen-bond acceptors (Lipinski definition) is 5. The third-order valence-corrected chi connectivity index (χ3v) is 3.87. The van der Waals surface area contributed by atoms with Crippen LogP contribution in [0.15, 0.2) is 33.7 Å². The van der Waals surface area contributed by atoms with E-state index in [1.165, 1.54) is 10.5 Å². The predicted molar refractivity (Wildman–Crippen MR) is 81.4 cm³/mol. The molecule has 0 amide bonds. The summed E-state index contributed by atoms with van der Waals surface area (Å²) >= 11 is 1.70. The van der Waals surface area contributed by atoms with Crippen LogP contribution in [-0.4, -0.2) is 10.1 Å². The summed E-state index contributed by atoms with van der Waals surface area (Å²) in [5.74, 6) is 2.45. The van der Waals surface area contributed by atoms with Crippen molar-refractivity contribution < 1.29 is 4.52 Å². The van der Waals surface area contributed by atoms with Crippen LogP contribution >= 0.6 is 11.8 Å². The van der Waals surface area contributed by atoms with E-state index in [1.807, 2.05) is 0 Å². The van der Waals surface area contributed by atoms with Crippen molar-refractivity contribution in [3.8, 4) is 0 Å². The largest absolute Gasteiger partial charge is 0.338 e. The first-order valence-electron chi connectivity index (χ1n) is 6.82. The molecule has 1 aromatic heterocycles.